The zero-order valence-electron chi connectivity index (χ0n) is 17.4. The standard InChI is InChI=1S/C22H29BrN4O2/c1-15(2)11-17-5-7-18(8-6-17)16(3)25-21(28)13-27(4)14-22(29)26-20-10-9-19(23)12-24-20/h5-10,12,15-16H,11,13-14H2,1-4H3,(H,25,28)(H,24,26,29). The summed E-state index contributed by atoms with van der Waals surface area (Å²) in [6.45, 7) is 6.59. The Bertz CT molecular complexity index is 807. The second-order valence-electron chi connectivity index (χ2n) is 7.71. The second-order valence-corrected chi connectivity index (χ2v) is 8.63. The third-order valence-electron chi connectivity index (χ3n) is 4.32. The number of amides is 2. The van der Waals surface area contributed by atoms with E-state index in [4.69, 9.17) is 0 Å². The van der Waals surface area contributed by atoms with E-state index in [0.29, 0.717) is 11.7 Å². The fourth-order valence-electron chi connectivity index (χ4n) is 2.96. The van der Waals surface area contributed by atoms with Crippen LogP contribution in [0, 0.1) is 5.92 Å². The Morgan fingerprint density at radius 1 is 1.03 bits per heavy atom. The summed E-state index contributed by atoms with van der Waals surface area (Å²) in [6, 6.07) is 11.8. The van der Waals surface area contributed by atoms with Gasteiger partial charge in [0.25, 0.3) is 0 Å². The fourth-order valence-corrected chi connectivity index (χ4v) is 3.20. The van der Waals surface area contributed by atoms with Gasteiger partial charge < -0.3 is 10.6 Å². The van der Waals surface area contributed by atoms with Crippen molar-refractivity contribution in [3.05, 3.63) is 58.2 Å². The first-order valence-corrected chi connectivity index (χ1v) is 10.5. The maximum absolute atomic E-state index is 12.3. The molecule has 6 nitrogen and oxygen atoms in total. The predicted molar refractivity (Wildman–Crippen MR) is 120 cm³/mol. The molecule has 0 saturated carbocycles. The van der Waals surface area contributed by atoms with Gasteiger partial charge in [-0.05, 0) is 65.5 Å². The summed E-state index contributed by atoms with van der Waals surface area (Å²) in [5, 5.41) is 5.70. The van der Waals surface area contributed by atoms with Crippen LogP contribution in [-0.4, -0.2) is 41.8 Å². The van der Waals surface area contributed by atoms with E-state index in [9.17, 15) is 9.59 Å². The van der Waals surface area contributed by atoms with Crippen molar-refractivity contribution >= 4 is 33.6 Å². The summed E-state index contributed by atoms with van der Waals surface area (Å²) in [6.07, 6.45) is 2.66. The molecule has 1 unspecified atom stereocenters. The molecule has 0 fully saturated rings. The van der Waals surface area contributed by atoms with E-state index in [0.717, 1.165) is 16.5 Å². The number of rotatable bonds is 9. The van der Waals surface area contributed by atoms with Crippen LogP contribution in [0.25, 0.3) is 0 Å². The lowest BCUT2D eigenvalue weighted by Gasteiger charge is -2.19. The van der Waals surface area contributed by atoms with Crippen LogP contribution in [0.5, 0.6) is 0 Å². The minimum atomic E-state index is -0.219. The number of hydrogen-bond donors (Lipinski definition) is 2. The average molecular weight is 461 g/mol. The summed E-state index contributed by atoms with van der Waals surface area (Å²) >= 11 is 3.30. The molecule has 2 rings (SSSR count). The monoisotopic (exact) mass is 460 g/mol. The molecule has 0 aliphatic heterocycles. The normalized spacial score (nSPS) is 12.1. The molecule has 7 heteroatoms. The quantitative estimate of drug-likeness (QED) is 0.596. The van der Waals surface area contributed by atoms with Crippen LogP contribution >= 0.6 is 15.9 Å². The highest BCUT2D eigenvalue weighted by atomic mass is 79.9. The highest BCUT2D eigenvalue weighted by Gasteiger charge is 2.14. The summed E-state index contributed by atoms with van der Waals surface area (Å²) in [7, 11) is 1.74. The molecule has 2 N–H and O–H groups in total. The van der Waals surface area contributed by atoms with Gasteiger partial charge in [0.05, 0.1) is 19.1 Å². The van der Waals surface area contributed by atoms with E-state index in [1.54, 1.807) is 30.3 Å². The first-order valence-electron chi connectivity index (χ1n) is 9.71. The number of benzene rings is 1. The number of hydrogen-bond acceptors (Lipinski definition) is 4. The lowest BCUT2D eigenvalue weighted by atomic mass is 10.00. The number of anilines is 1. The van der Waals surface area contributed by atoms with Crippen molar-refractivity contribution in [2.24, 2.45) is 5.92 Å². The van der Waals surface area contributed by atoms with Crippen molar-refractivity contribution in [3.8, 4) is 0 Å². The summed E-state index contributed by atoms with van der Waals surface area (Å²) in [5.74, 6) is 0.751. The van der Waals surface area contributed by atoms with Gasteiger partial charge in [0.1, 0.15) is 5.82 Å². The molecule has 0 bridgehead atoms. The first-order chi connectivity index (χ1) is 13.7. The van der Waals surface area contributed by atoms with Crippen molar-refractivity contribution in [2.75, 3.05) is 25.5 Å². The molecule has 2 aromatic rings. The molecule has 1 atom stereocenters. The van der Waals surface area contributed by atoms with Crippen LogP contribution in [0.15, 0.2) is 47.1 Å². The van der Waals surface area contributed by atoms with Crippen molar-refractivity contribution in [1.82, 2.24) is 15.2 Å². The van der Waals surface area contributed by atoms with Gasteiger partial charge in [-0.1, -0.05) is 38.1 Å². The minimum absolute atomic E-state index is 0.0928. The third kappa shape index (κ3) is 8.33. The van der Waals surface area contributed by atoms with Gasteiger partial charge in [-0.2, -0.15) is 0 Å². The molecule has 0 aliphatic rings. The SMILES string of the molecule is CC(C)Cc1ccc(C(C)NC(=O)CN(C)CC(=O)Nc2ccc(Br)cn2)cc1. The van der Waals surface area contributed by atoms with Crippen LogP contribution < -0.4 is 10.6 Å². The van der Waals surface area contributed by atoms with E-state index in [2.05, 4.69) is 69.7 Å². The Labute approximate surface area is 181 Å². The fraction of sp³-hybridized carbons (Fsp3) is 0.409. The lowest BCUT2D eigenvalue weighted by Crippen LogP contribution is -2.39. The first kappa shape index (κ1) is 23.0. The molecule has 156 valence electrons. The largest absolute Gasteiger partial charge is 0.348 e. The Morgan fingerprint density at radius 3 is 2.28 bits per heavy atom. The van der Waals surface area contributed by atoms with Crippen molar-refractivity contribution in [3.63, 3.8) is 0 Å². The van der Waals surface area contributed by atoms with E-state index >= 15 is 0 Å². The smallest absolute Gasteiger partial charge is 0.239 e. The number of nitrogens with zero attached hydrogens (tertiary/aromatic N) is 2. The molecule has 1 aromatic carbocycles. The van der Waals surface area contributed by atoms with E-state index in [1.807, 2.05) is 6.92 Å². The molecule has 2 amide bonds. The summed E-state index contributed by atoms with van der Waals surface area (Å²) in [5.41, 5.74) is 2.36. The Morgan fingerprint density at radius 2 is 1.69 bits per heavy atom. The Kier molecular flexibility index (Phi) is 8.79. The number of carbonyl (C=O) groups excluding carboxylic acids is 2. The van der Waals surface area contributed by atoms with Crippen molar-refractivity contribution < 1.29 is 9.59 Å². The Balaban J connectivity index is 1.78. The average Bonchev–Trinajstić information content (AvgIpc) is 2.63. The van der Waals surface area contributed by atoms with Gasteiger partial charge in [-0.3, -0.25) is 14.5 Å². The molecule has 0 saturated heterocycles. The molecule has 0 spiro atoms. The van der Waals surface area contributed by atoms with Gasteiger partial charge in [0, 0.05) is 10.7 Å². The number of likely N-dealkylation sites (N-methyl/N-ethyl adjacent to an activating group) is 1. The van der Waals surface area contributed by atoms with E-state index in [-0.39, 0.29) is 30.9 Å². The molecule has 0 aliphatic carbocycles. The molecule has 0 radical (unpaired) electrons. The van der Waals surface area contributed by atoms with Gasteiger partial charge in [-0.15, -0.1) is 0 Å². The Hall–Kier alpha value is -2.25. The lowest BCUT2D eigenvalue weighted by molar-refractivity contribution is -0.123. The number of aromatic nitrogens is 1. The van der Waals surface area contributed by atoms with Crippen molar-refractivity contribution in [1.29, 1.82) is 0 Å². The molecule has 29 heavy (non-hydrogen) atoms. The molecule has 1 heterocycles. The van der Waals surface area contributed by atoms with Crippen LogP contribution in [0.2, 0.25) is 0 Å². The number of carbonyl (C=O) groups is 2. The maximum Gasteiger partial charge on any atom is 0.239 e. The highest BCUT2D eigenvalue weighted by Crippen LogP contribution is 2.15. The maximum atomic E-state index is 12.3. The summed E-state index contributed by atoms with van der Waals surface area (Å²) < 4.78 is 0.841. The topological polar surface area (TPSA) is 74.3 Å². The van der Waals surface area contributed by atoms with Gasteiger partial charge in [0.15, 0.2) is 0 Å². The minimum Gasteiger partial charge on any atom is -0.348 e. The van der Waals surface area contributed by atoms with Gasteiger partial charge in [-0.25, -0.2) is 4.98 Å². The highest BCUT2D eigenvalue weighted by molar-refractivity contribution is 9.10. The van der Waals surface area contributed by atoms with Crippen LogP contribution in [0.4, 0.5) is 5.82 Å². The number of nitrogens with one attached hydrogen (secondary N) is 2. The van der Waals surface area contributed by atoms with Gasteiger partial charge >= 0.3 is 0 Å². The molecule has 1 aromatic heterocycles. The van der Waals surface area contributed by atoms with Crippen LogP contribution in [0.3, 0.4) is 0 Å². The zero-order valence-corrected chi connectivity index (χ0v) is 19.0. The van der Waals surface area contributed by atoms with Crippen LogP contribution in [0.1, 0.15) is 37.9 Å². The summed E-state index contributed by atoms with van der Waals surface area (Å²) in [4.78, 5) is 30.2. The number of pyridine rings is 1. The number of halogens is 1. The van der Waals surface area contributed by atoms with Crippen LogP contribution in [-0.2, 0) is 16.0 Å². The van der Waals surface area contributed by atoms with E-state index in [1.165, 1.54) is 5.56 Å². The second kappa shape index (κ2) is 11.1. The van der Waals surface area contributed by atoms with Gasteiger partial charge in [0.2, 0.25) is 11.8 Å². The van der Waals surface area contributed by atoms with Crippen molar-refractivity contribution in [2.45, 2.75) is 33.2 Å². The zero-order chi connectivity index (χ0) is 21.4. The molecular weight excluding hydrogens is 432 g/mol. The van der Waals surface area contributed by atoms with E-state index < -0.39 is 0 Å². The predicted octanol–water partition coefficient (Wildman–Crippen LogP) is 3.79. The molecular formula is C22H29BrN4O2. The third-order valence-corrected chi connectivity index (χ3v) is 4.79.